The lowest BCUT2D eigenvalue weighted by molar-refractivity contribution is -0.0578. The van der Waals surface area contributed by atoms with Gasteiger partial charge in [-0.2, -0.15) is 0 Å². The molecule has 0 saturated heterocycles. The van der Waals surface area contributed by atoms with Crippen molar-refractivity contribution in [2.75, 3.05) is 0 Å². The third-order valence-corrected chi connectivity index (χ3v) is 13.5. The molecule has 2 aromatic rings. The third-order valence-electron chi connectivity index (χ3n) is 13.5. The van der Waals surface area contributed by atoms with Crippen LogP contribution in [0.2, 0.25) is 0 Å². The van der Waals surface area contributed by atoms with Gasteiger partial charge in [0.15, 0.2) is 0 Å². The maximum Gasteiger partial charge on any atom is 0.677 e. The Balaban J connectivity index is 1.08. The van der Waals surface area contributed by atoms with E-state index in [1.54, 1.807) is 24.6 Å². The highest BCUT2D eigenvalue weighted by Crippen LogP contribution is 2.67. The maximum absolute atomic E-state index is 13.8. The molecule has 2 aromatic heterocycles. The fourth-order valence-corrected chi connectivity index (χ4v) is 11.2. The standard InChI is InChI=1S/C37H50BF2N5O/c1-21-16-23(3)45(38(39)40)34(21)18-32-24(4)35(25(5)41-32)33-20-44(43-42-33)19-22(2)29-10-11-30-28-9-8-26-17-27(46)12-14-36(26,6)31(28)13-15-37(29,30)7/h8,16,18,20,22,27-31,46H,9-15,17,19H2,1-7H3/b32-18+/t22-,27+,28?,29?,30?,31?,36+,37-/m1/s1. The second-order valence-electron chi connectivity index (χ2n) is 15.9. The van der Waals surface area contributed by atoms with Gasteiger partial charge in [-0.1, -0.05) is 37.6 Å². The van der Waals surface area contributed by atoms with Gasteiger partial charge in [0.2, 0.25) is 0 Å². The first-order valence-corrected chi connectivity index (χ1v) is 17.5. The lowest BCUT2D eigenvalue weighted by Gasteiger charge is -2.58. The van der Waals surface area contributed by atoms with Crippen molar-refractivity contribution < 1.29 is 13.7 Å². The molecular weight excluding hydrogens is 579 g/mol. The van der Waals surface area contributed by atoms with Gasteiger partial charge in [0.1, 0.15) is 5.69 Å². The summed E-state index contributed by atoms with van der Waals surface area (Å²) in [5.41, 5.74) is 8.20. The van der Waals surface area contributed by atoms with Crippen LogP contribution in [0.4, 0.5) is 8.63 Å². The van der Waals surface area contributed by atoms with Gasteiger partial charge in [0.05, 0.1) is 18.0 Å². The molecule has 46 heavy (non-hydrogen) atoms. The Morgan fingerprint density at radius 3 is 2.63 bits per heavy atom. The zero-order valence-corrected chi connectivity index (χ0v) is 28.7. The van der Waals surface area contributed by atoms with Crippen LogP contribution in [0.1, 0.15) is 109 Å². The summed E-state index contributed by atoms with van der Waals surface area (Å²) in [4.78, 5) is 4.78. The van der Waals surface area contributed by atoms with Crippen LogP contribution in [0.15, 0.2) is 40.2 Å². The molecule has 246 valence electrons. The van der Waals surface area contributed by atoms with E-state index in [0.29, 0.717) is 34.3 Å². The molecule has 6 nitrogen and oxygen atoms in total. The number of hydrogen-bond donors (Lipinski definition) is 1. The summed E-state index contributed by atoms with van der Waals surface area (Å²) < 4.78 is 30.8. The number of rotatable bonds is 6. The molecule has 7 rings (SSSR count). The summed E-state index contributed by atoms with van der Waals surface area (Å²) in [5.74, 6) is 3.41. The summed E-state index contributed by atoms with van der Waals surface area (Å²) in [7, 11) is -2.60. The lowest BCUT2D eigenvalue weighted by Crippen LogP contribution is -2.51. The van der Waals surface area contributed by atoms with Gasteiger partial charge in [0.25, 0.3) is 0 Å². The summed E-state index contributed by atoms with van der Waals surface area (Å²) >= 11 is 0. The third kappa shape index (κ3) is 4.93. The second-order valence-corrected chi connectivity index (χ2v) is 15.9. The van der Waals surface area contributed by atoms with Crippen molar-refractivity contribution in [2.45, 2.75) is 112 Å². The number of aliphatic hydroxyl groups excluding tert-OH is 1. The van der Waals surface area contributed by atoms with Crippen molar-refractivity contribution in [3.05, 3.63) is 57.8 Å². The van der Waals surface area contributed by atoms with Gasteiger partial charge in [-0.15, -0.1) is 5.10 Å². The fraction of sp³-hybridized carbons (Fsp3) is 0.649. The largest absolute Gasteiger partial charge is 0.677 e. The van der Waals surface area contributed by atoms with Gasteiger partial charge in [-0.25, -0.2) is 0 Å². The van der Waals surface area contributed by atoms with Crippen molar-refractivity contribution in [3.8, 4) is 0 Å². The van der Waals surface area contributed by atoms with Crippen LogP contribution < -0.4 is 0 Å². The molecule has 9 heteroatoms. The van der Waals surface area contributed by atoms with Gasteiger partial charge >= 0.3 is 7.40 Å². The summed E-state index contributed by atoms with van der Waals surface area (Å²) in [6, 6.07) is 1.79. The van der Waals surface area contributed by atoms with E-state index in [1.807, 2.05) is 31.6 Å². The zero-order valence-electron chi connectivity index (χ0n) is 28.7. The molecule has 4 unspecified atom stereocenters. The first-order chi connectivity index (χ1) is 21.8. The Kier molecular flexibility index (Phi) is 7.89. The van der Waals surface area contributed by atoms with Crippen LogP contribution in [-0.4, -0.2) is 43.8 Å². The molecule has 1 aliphatic heterocycles. The molecule has 0 aromatic carbocycles. The number of aliphatic hydroxyl groups is 1. The Morgan fingerprint density at radius 1 is 1.09 bits per heavy atom. The van der Waals surface area contributed by atoms with E-state index in [-0.39, 0.29) is 11.5 Å². The van der Waals surface area contributed by atoms with E-state index in [0.717, 1.165) is 76.2 Å². The van der Waals surface area contributed by atoms with Crippen molar-refractivity contribution in [1.82, 2.24) is 19.5 Å². The van der Waals surface area contributed by atoms with E-state index in [1.165, 1.54) is 32.1 Å². The number of nitrogens with zero attached hydrogens (tertiary/aromatic N) is 5. The predicted molar refractivity (Wildman–Crippen MR) is 181 cm³/mol. The van der Waals surface area contributed by atoms with Crippen LogP contribution in [-0.2, 0) is 6.54 Å². The number of allylic oxidation sites excluding steroid dienone is 3. The number of hydrogen-bond acceptors (Lipinski definition) is 4. The Bertz CT molecular complexity index is 1670. The average Bonchev–Trinajstić information content (AvgIpc) is 3.73. The first-order valence-electron chi connectivity index (χ1n) is 17.5. The number of aliphatic imine (C=N–C) groups is 1. The predicted octanol–water partition coefficient (Wildman–Crippen LogP) is 8.33. The molecule has 3 heterocycles. The highest BCUT2D eigenvalue weighted by Gasteiger charge is 2.59. The van der Waals surface area contributed by atoms with Crippen LogP contribution in [0.3, 0.4) is 0 Å². The summed E-state index contributed by atoms with van der Waals surface area (Å²) in [6.45, 7) is 15.9. The normalized spacial score (nSPS) is 35.5. The minimum absolute atomic E-state index is 0.151. The highest BCUT2D eigenvalue weighted by molar-refractivity contribution is 6.41. The molecule has 0 radical (unpaired) electrons. The quantitative estimate of drug-likeness (QED) is 0.258. The molecule has 8 atom stereocenters. The first kappa shape index (κ1) is 31.8. The van der Waals surface area contributed by atoms with Crippen LogP contribution in [0.5, 0.6) is 0 Å². The summed E-state index contributed by atoms with van der Waals surface area (Å²) in [6.07, 6.45) is 15.6. The number of halogens is 2. The van der Waals surface area contributed by atoms with Crippen molar-refractivity contribution in [3.63, 3.8) is 0 Å². The topological polar surface area (TPSA) is 68.2 Å². The van der Waals surface area contributed by atoms with Crippen molar-refractivity contribution >= 4 is 24.8 Å². The Morgan fingerprint density at radius 2 is 1.87 bits per heavy atom. The van der Waals surface area contributed by atoms with Gasteiger partial charge in [0, 0.05) is 29.2 Å². The van der Waals surface area contributed by atoms with Gasteiger partial charge < -0.3 is 9.58 Å². The SMILES string of the molecule is CC1=N/C(=C/c2c(C)cc(C)n2B(F)F)C(C)=C1c1cn(C[C@@H](C)C2CCC3C4CC=C5C[C@@H](O)CC[C@]5(C)C4CC[C@@]32C)nn1. The molecule has 0 bridgehead atoms. The number of fused-ring (bicyclic) bond motifs is 5. The van der Waals surface area contributed by atoms with Crippen LogP contribution >= 0.6 is 0 Å². The van der Waals surface area contributed by atoms with Gasteiger partial charge in [-0.05, 0) is 143 Å². The lowest BCUT2D eigenvalue weighted by atomic mass is 9.47. The minimum Gasteiger partial charge on any atom is -0.393 e. The molecule has 3 saturated carbocycles. The van der Waals surface area contributed by atoms with E-state index >= 15 is 0 Å². The summed E-state index contributed by atoms with van der Waals surface area (Å²) in [5, 5.41) is 19.5. The number of aromatic nitrogens is 4. The van der Waals surface area contributed by atoms with Crippen LogP contribution in [0.25, 0.3) is 11.6 Å². The van der Waals surface area contributed by atoms with E-state index in [2.05, 4.69) is 37.2 Å². The van der Waals surface area contributed by atoms with Gasteiger partial charge in [-0.3, -0.25) is 18.3 Å². The second kappa shape index (κ2) is 11.4. The Labute approximate surface area is 273 Å². The van der Waals surface area contributed by atoms with E-state index in [9.17, 15) is 13.7 Å². The van der Waals surface area contributed by atoms with Crippen molar-refractivity contribution in [1.29, 1.82) is 0 Å². The maximum atomic E-state index is 13.8. The Hall–Kier alpha value is -2.81. The number of aryl methyl sites for hydroxylation is 2. The highest BCUT2D eigenvalue weighted by atomic mass is 19.2. The zero-order chi connectivity index (χ0) is 32.7. The molecule has 3 fully saturated rings. The van der Waals surface area contributed by atoms with E-state index < -0.39 is 7.40 Å². The van der Waals surface area contributed by atoms with E-state index in [4.69, 9.17) is 4.99 Å². The molecule has 5 aliphatic rings. The molecule has 1 N–H and O–H groups in total. The van der Waals surface area contributed by atoms with Crippen molar-refractivity contribution in [2.24, 2.45) is 45.4 Å². The molecule has 0 spiro atoms. The minimum atomic E-state index is -2.60. The molecule has 0 amide bonds. The fourth-order valence-electron chi connectivity index (χ4n) is 11.2. The molecule has 4 aliphatic carbocycles. The smallest absolute Gasteiger partial charge is 0.393 e. The van der Waals surface area contributed by atoms with Crippen LogP contribution in [0, 0.1) is 54.3 Å². The molecular formula is C37H50BF2N5O. The average molecular weight is 630 g/mol. The monoisotopic (exact) mass is 629 g/mol.